The molecular formula is C24H24O2. The molecule has 1 atom stereocenters. The van der Waals surface area contributed by atoms with Gasteiger partial charge < -0.3 is 0 Å². The molecule has 0 saturated carbocycles. The maximum absolute atomic E-state index is 13.0. The van der Waals surface area contributed by atoms with Gasteiger partial charge in [-0.1, -0.05) is 12.1 Å². The summed E-state index contributed by atoms with van der Waals surface area (Å²) in [5.74, 6) is 0.494. The quantitative estimate of drug-likeness (QED) is 0.770. The van der Waals surface area contributed by atoms with Crippen molar-refractivity contribution in [2.45, 2.75) is 58.3 Å². The molecular weight excluding hydrogens is 320 g/mol. The first-order valence-electron chi connectivity index (χ1n) is 9.94. The highest BCUT2D eigenvalue weighted by Gasteiger charge is 2.32. The van der Waals surface area contributed by atoms with Gasteiger partial charge in [0.25, 0.3) is 0 Å². The van der Waals surface area contributed by atoms with Crippen molar-refractivity contribution in [2.75, 3.05) is 0 Å². The van der Waals surface area contributed by atoms with Crippen molar-refractivity contribution in [3.05, 3.63) is 68.8 Å². The van der Waals surface area contributed by atoms with Crippen LogP contribution in [0.15, 0.2) is 24.3 Å². The second kappa shape index (κ2) is 5.90. The van der Waals surface area contributed by atoms with Crippen molar-refractivity contribution in [2.24, 2.45) is 5.92 Å². The van der Waals surface area contributed by atoms with Crippen molar-refractivity contribution in [3.63, 3.8) is 0 Å². The van der Waals surface area contributed by atoms with E-state index in [0.717, 1.165) is 61.6 Å². The van der Waals surface area contributed by atoms with Gasteiger partial charge in [0.15, 0.2) is 11.6 Å². The number of carbonyl (C=O) groups excluding carboxylic acids is 2. The average Bonchev–Trinajstić information content (AvgIpc) is 3.32. The number of Topliss-reactive ketones (excluding diaryl/α,β-unsaturated/α-hetero) is 2. The number of fused-ring (bicyclic) bond motifs is 3. The molecule has 0 N–H and O–H groups in total. The molecule has 2 nitrogen and oxygen atoms in total. The second-order valence-corrected chi connectivity index (χ2v) is 8.29. The monoisotopic (exact) mass is 344 g/mol. The largest absolute Gasteiger partial charge is 0.295 e. The molecule has 0 spiro atoms. The molecule has 5 rings (SSSR count). The molecule has 0 amide bonds. The molecule has 0 heterocycles. The minimum atomic E-state index is 0.0341. The van der Waals surface area contributed by atoms with Crippen molar-refractivity contribution < 1.29 is 9.59 Å². The van der Waals surface area contributed by atoms with E-state index in [1.807, 2.05) is 0 Å². The SMILES string of the molecule is CC(=O)c1cc(C[C@@H]2Cc3cc4c(cc3C2=O)CCC4)cc2c1CCC2. The molecule has 132 valence electrons. The van der Waals surface area contributed by atoms with Crippen LogP contribution in [0.5, 0.6) is 0 Å². The van der Waals surface area contributed by atoms with E-state index in [2.05, 4.69) is 24.3 Å². The Kier molecular flexibility index (Phi) is 3.63. The minimum Gasteiger partial charge on any atom is -0.295 e. The van der Waals surface area contributed by atoms with Gasteiger partial charge in [-0.3, -0.25) is 9.59 Å². The lowest BCUT2D eigenvalue weighted by atomic mass is 9.90. The fraction of sp³-hybridized carbons (Fsp3) is 0.417. The molecule has 3 aliphatic rings. The summed E-state index contributed by atoms with van der Waals surface area (Å²) in [6, 6.07) is 8.77. The van der Waals surface area contributed by atoms with Crippen LogP contribution in [0.3, 0.4) is 0 Å². The van der Waals surface area contributed by atoms with Gasteiger partial charge in [0.1, 0.15) is 0 Å². The summed E-state index contributed by atoms with van der Waals surface area (Å²) < 4.78 is 0. The van der Waals surface area contributed by atoms with Crippen LogP contribution in [0.2, 0.25) is 0 Å². The predicted molar refractivity (Wildman–Crippen MR) is 102 cm³/mol. The second-order valence-electron chi connectivity index (χ2n) is 8.29. The molecule has 0 bridgehead atoms. The van der Waals surface area contributed by atoms with Gasteiger partial charge in [-0.05, 0) is 104 Å². The standard InChI is InChI=1S/C24H24O2/c1-14(25)22-10-15(8-18-6-3-7-21(18)22)9-20-12-19-11-16-4-2-5-17(16)13-23(19)24(20)26/h8,10-11,13,20H,2-7,9,12H2,1H3/t20-/m1/s1. The lowest BCUT2D eigenvalue weighted by Crippen LogP contribution is -2.13. The summed E-state index contributed by atoms with van der Waals surface area (Å²) >= 11 is 0. The molecule has 0 radical (unpaired) electrons. The summed E-state index contributed by atoms with van der Waals surface area (Å²) in [4.78, 5) is 25.1. The van der Waals surface area contributed by atoms with E-state index in [0.29, 0.717) is 5.78 Å². The third-order valence-corrected chi connectivity index (χ3v) is 6.56. The molecule has 0 aromatic heterocycles. The number of rotatable bonds is 3. The Labute approximate surface area is 154 Å². The normalized spacial score (nSPS) is 20.2. The minimum absolute atomic E-state index is 0.0341. The number of ketones is 2. The Morgan fingerprint density at radius 3 is 2.46 bits per heavy atom. The average molecular weight is 344 g/mol. The van der Waals surface area contributed by atoms with Crippen LogP contribution in [0, 0.1) is 5.92 Å². The van der Waals surface area contributed by atoms with Crippen LogP contribution >= 0.6 is 0 Å². The van der Waals surface area contributed by atoms with E-state index in [4.69, 9.17) is 0 Å². The Hall–Kier alpha value is -2.22. The highest BCUT2D eigenvalue weighted by Crippen LogP contribution is 2.35. The van der Waals surface area contributed by atoms with Crippen LogP contribution in [-0.2, 0) is 38.5 Å². The Morgan fingerprint density at radius 1 is 0.923 bits per heavy atom. The smallest absolute Gasteiger partial charge is 0.166 e. The Morgan fingerprint density at radius 2 is 1.65 bits per heavy atom. The van der Waals surface area contributed by atoms with Crippen molar-refractivity contribution >= 4 is 11.6 Å². The van der Waals surface area contributed by atoms with Crippen LogP contribution in [0.25, 0.3) is 0 Å². The zero-order chi connectivity index (χ0) is 17.8. The molecule has 2 aromatic carbocycles. The van der Waals surface area contributed by atoms with E-state index < -0.39 is 0 Å². The molecule has 0 aliphatic heterocycles. The van der Waals surface area contributed by atoms with Crippen LogP contribution in [0.4, 0.5) is 0 Å². The lowest BCUT2D eigenvalue weighted by molar-refractivity contribution is 0.0936. The van der Waals surface area contributed by atoms with Gasteiger partial charge in [-0.2, -0.15) is 0 Å². The predicted octanol–water partition coefficient (Wildman–Crippen LogP) is 4.46. The number of hydrogen-bond acceptors (Lipinski definition) is 2. The summed E-state index contributed by atoms with van der Waals surface area (Å²) in [5.41, 5.74) is 9.67. The van der Waals surface area contributed by atoms with Crippen molar-refractivity contribution in [3.8, 4) is 0 Å². The van der Waals surface area contributed by atoms with Crippen molar-refractivity contribution in [1.82, 2.24) is 0 Å². The molecule has 2 heteroatoms. The zero-order valence-corrected chi connectivity index (χ0v) is 15.4. The fourth-order valence-corrected chi connectivity index (χ4v) is 5.30. The zero-order valence-electron chi connectivity index (χ0n) is 15.4. The molecule has 26 heavy (non-hydrogen) atoms. The molecule has 0 saturated heterocycles. The van der Waals surface area contributed by atoms with E-state index in [1.54, 1.807) is 6.92 Å². The molecule has 0 fully saturated rings. The molecule has 0 unspecified atom stereocenters. The highest BCUT2D eigenvalue weighted by atomic mass is 16.1. The highest BCUT2D eigenvalue weighted by molar-refractivity contribution is 6.03. The number of aryl methyl sites for hydroxylation is 3. The van der Waals surface area contributed by atoms with Gasteiger partial charge in [-0.15, -0.1) is 0 Å². The summed E-state index contributed by atoms with van der Waals surface area (Å²) in [5, 5.41) is 0. The number of carbonyl (C=O) groups is 2. The van der Waals surface area contributed by atoms with Gasteiger partial charge in [0.05, 0.1) is 0 Å². The summed E-state index contributed by atoms with van der Waals surface area (Å²) in [6.07, 6.45) is 8.33. The first-order valence-corrected chi connectivity index (χ1v) is 9.94. The third kappa shape index (κ3) is 2.46. The first kappa shape index (κ1) is 16.0. The third-order valence-electron chi connectivity index (χ3n) is 6.56. The van der Waals surface area contributed by atoms with Crippen LogP contribution < -0.4 is 0 Å². The van der Waals surface area contributed by atoms with Gasteiger partial charge in [0.2, 0.25) is 0 Å². The number of hydrogen-bond donors (Lipinski definition) is 0. The van der Waals surface area contributed by atoms with Crippen molar-refractivity contribution in [1.29, 1.82) is 0 Å². The maximum atomic E-state index is 13.0. The molecule has 2 aromatic rings. The first-order chi connectivity index (χ1) is 12.6. The van der Waals surface area contributed by atoms with Gasteiger partial charge in [-0.25, -0.2) is 0 Å². The van der Waals surface area contributed by atoms with E-state index in [9.17, 15) is 9.59 Å². The fourth-order valence-electron chi connectivity index (χ4n) is 5.30. The Balaban J connectivity index is 1.45. The van der Waals surface area contributed by atoms with E-state index >= 15 is 0 Å². The number of benzene rings is 2. The Bertz CT molecular complexity index is 951. The topological polar surface area (TPSA) is 34.1 Å². The maximum Gasteiger partial charge on any atom is 0.166 e. The molecule has 3 aliphatic carbocycles. The van der Waals surface area contributed by atoms with E-state index in [-0.39, 0.29) is 11.7 Å². The lowest BCUT2D eigenvalue weighted by Gasteiger charge is -2.13. The van der Waals surface area contributed by atoms with E-state index in [1.165, 1.54) is 34.2 Å². The summed E-state index contributed by atoms with van der Waals surface area (Å²) in [6.45, 7) is 1.66. The van der Waals surface area contributed by atoms with Crippen LogP contribution in [0.1, 0.15) is 73.9 Å². The summed E-state index contributed by atoms with van der Waals surface area (Å²) in [7, 11) is 0. The van der Waals surface area contributed by atoms with Gasteiger partial charge >= 0.3 is 0 Å². The van der Waals surface area contributed by atoms with Crippen LogP contribution in [-0.4, -0.2) is 11.6 Å². The van der Waals surface area contributed by atoms with Gasteiger partial charge in [0, 0.05) is 17.0 Å².